The molecule has 0 radical (unpaired) electrons. The van der Waals surface area contributed by atoms with Crippen LogP contribution in [0.5, 0.6) is 0 Å². The molecule has 0 atom stereocenters. The van der Waals surface area contributed by atoms with Crippen LogP contribution in [0.2, 0.25) is 0 Å². The Bertz CT molecular complexity index is 709. The predicted molar refractivity (Wildman–Crippen MR) is 90.1 cm³/mol. The van der Waals surface area contributed by atoms with E-state index in [0.29, 0.717) is 0 Å². The summed E-state index contributed by atoms with van der Waals surface area (Å²) in [5.41, 5.74) is 6.56. The Balaban J connectivity index is 1.88. The Labute approximate surface area is 127 Å². The molecule has 0 aliphatic heterocycles. The minimum Gasteiger partial charge on any atom is -0.0654 e. The summed E-state index contributed by atoms with van der Waals surface area (Å²) in [7, 11) is 0. The third kappa shape index (κ3) is 3.26. The Morgan fingerprint density at radius 3 is 2.62 bits per heavy atom. The van der Waals surface area contributed by atoms with Gasteiger partial charge in [0.2, 0.25) is 0 Å². The van der Waals surface area contributed by atoms with Gasteiger partial charge in [-0.3, -0.25) is 0 Å². The molecule has 0 nitrogen and oxygen atoms in total. The summed E-state index contributed by atoms with van der Waals surface area (Å²) in [5.74, 6) is 6.61. The van der Waals surface area contributed by atoms with Gasteiger partial charge in [0.15, 0.2) is 0 Å². The number of benzene rings is 2. The molecular formula is C21H20. The highest BCUT2D eigenvalue weighted by Crippen LogP contribution is 2.30. The molecule has 0 amide bonds. The van der Waals surface area contributed by atoms with Crippen molar-refractivity contribution in [1.82, 2.24) is 0 Å². The maximum Gasteiger partial charge on any atom is 0.0324 e. The molecule has 0 saturated carbocycles. The molecular weight excluding hydrogens is 252 g/mol. The zero-order valence-corrected chi connectivity index (χ0v) is 12.5. The van der Waals surface area contributed by atoms with Crippen LogP contribution in [0.4, 0.5) is 0 Å². The maximum absolute atomic E-state index is 3.34. The summed E-state index contributed by atoms with van der Waals surface area (Å²) in [4.78, 5) is 0. The molecule has 1 aliphatic carbocycles. The minimum absolute atomic E-state index is 1.07. The first-order valence-corrected chi connectivity index (χ1v) is 7.75. The normalized spacial score (nSPS) is 12.3. The topological polar surface area (TPSA) is 0 Å². The van der Waals surface area contributed by atoms with Gasteiger partial charge in [0.25, 0.3) is 0 Å². The average molecular weight is 272 g/mol. The highest BCUT2D eigenvalue weighted by atomic mass is 14.2. The molecule has 1 aliphatic rings. The lowest BCUT2D eigenvalue weighted by Crippen LogP contribution is -1.87. The predicted octanol–water partition coefficient (Wildman–Crippen LogP) is 5.22. The van der Waals surface area contributed by atoms with Gasteiger partial charge in [-0.25, -0.2) is 0 Å². The quantitative estimate of drug-likeness (QED) is 0.672. The van der Waals surface area contributed by atoms with Crippen LogP contribution >= 0.6 is 0 Å². The summed E-state index contributed by atoms with van der Waals surface area (Å²) >= 11 is 0. The van der Waals surface area contributed by atoms with E-state index >= 15 is 0 Å². The lowest BCUT2D eigenvalue weighted by molar-refractivity contribution is 0.779. The molecule has 0 N–H and O–H groups in total. The van der Waals surface area contributed by atoms with E-state index in [9.17, 15) is 0 Å². The van der Waals surface area contributed by atoms with Gasteiger partial charge in [0.05, 0.1) is 0 Å². The van der Waals surface area contributed by atoms with Crippen LogP contribution in [0.15, 0.2) is 54.1 Å². The molecule has 2 aromatic carbocycles. The van der Waals surface area contributed by atoms with Crippen molar-refractivity contribution < 1.29 is 0 Å². The molecule has 104 valence electrons. The molecule has 0 fully saturated rings. The Morgan fingerprint density at radius 2 is 1.81 bits per heavy atom. The molecule has 0 heterocycles. The van der Waals surface area contributed by atoms with Crippen LogP contribution < -0.4 is 0 Å². The second-order valence-corrected chi connectivity index (χ2v) is 5.58. The van der Waals surface area contributed by atoms with Gasteiger partial charge < -0.3 is 0 Å². The van der Waals surface area contributed by atoms with Gasteiger partial charge in [-0.2, -0.15) is 0 Å². The van der Waals surface area contributed by atoms with E-state index in [2.05, 4.69) is 55.2 Å². The van der Waals surface area contributed by atoms with Gasteiger partial charge in [0.1, 0.15) is 0 Å². The third-order valence-corrected chi connectivity index (χ3v) is 3.93. The van der Waals surface area contributed by atoms with Crippen molar-refractivity contribution in [2.24, 2.45) is 0 Å². The van der Waals surface area contributed by atoms with E-state index in [1.807, 2.05) is 18.2 Å². The van der Waals surface area contributed by atoms with Gasteiger partial charge in [-0.05, 0) is 48.6 Å². The summed E-state index contributed by atoms with van der Waals surface area (Å²) in [6.45, 7) is 2.25. The monoisotopic (exact) mass is 272 g/mol. The van der Waals surface area contributed by atoms with Crippen molar-refractivity contribution >= 4 is 6.08 Å². The van der Waals surface area contributed by atoms with E-state index in [0.717, 1.165) is 17.5 Å². The Morgan fingerprint density at radius 1 is 0.952 bits per heavy atom. The lowest BCUT2D eigenvalue weighted by Gasteiger charge is -2.01. The van der Waals surface area contributed by atoms with E-state index in [-0.39, 0.29) is 0 Å². The van der Waals surface area contributed by atoms with Gasteiger partial charge in [-0.1, -0.05) is 67.2 Å². The van der Waals surface area contributed by atoms with Crippen LogP contribution in [0.1, 0.15) is 48.4 Å². The summed E-state index contributed by atoms with van der Waals surface area (Å²) in [6, 6.07) is 16.7. The number of hydrogen-bond acceptors (Lipinski definition) is 0. The van der Waals surface area contributed by atoms with Crippen LogP contribution in [0.3, 0.4) is 0 Å². The second-order valence-electron chi connectivity index (χ2n) is 5.58. The van der Waals surface area contributed by atoms with E-state index in [1.165, 1.54) is 30.4 Å². The minimum atomic E-state index is 1.07. The Kier molecular flexibility index (Phi) is 4.22. The van der Waals surface area contributed by atoms with Crippen molar-refractivity contribution in [2.75, 3.05) is 0 Å². The first-order valence-electron chi connectivity index (χ1n) is 7.75. The molecule has 21 heavy (non-hydrogen) atoms. The summed E-state index contributed by atoms with van der Waals surface area (Å²) in [5, 5.41) is 0. The molecule has 2 aromatic rings. The SMILES string of the molecule is CCCCC1=Cc2c(C#Cc3ccccc3)cccc2C1. The molecule has 0 spiro atoms. The number of hydrogen-bond donors (Lipinski definition) is 0. The first kappa shape index (κ1) is 13.7. The summed E-state index contributed by atoms with van der Waals surface area (Å²) < 4.78 is 0. The molecule has 0 aromatic heterocycles. The fraction of sp³-hybridized carbons (Fsp3) is 0.238. The van der Waals surface area contributed by atoms with Crippen molar-refractivity contribution in [3.8, 4) is 11.8 Å². The van der Waals surface area contributed by atoms with Crippen LogP contribution in [0, 0.1) is 11.8 Å². The molecule has 0 unspecified atom stereocenters. The van der Waals surface area contributed by atoms with Crippen molar-refractivity contribution in [3.63, 3.8) is 0 Å². The van der Waals surface area contributed by atoms with E-state index in [1.54, 1.807) is 5.57 Å². The van der Waals surface area contributed by atoms with Gasteiger partial charge >= 0.3 is 0 Å². The average Bonchev–Trinajstić information content (AvgIpc) is 2.95. The fourth-order valence-electron chi connectivity index (χ4n) is 2.77. The molecule has 3 rings (SSSR count). The number of fused-ring (bicyclic) bond motifs is 1. The highest BCUT2D eigenvalue weighted by Gasteiger charge is 2.14. The zero-order chi connectivity index (χ0) is 14.5. The van der Waals surface area contributed by atoms with E-state index < -0.39 is 0 Å². The highest BCUT2D eigenvalue weighted by molar-refractivity contribution is 5.70. The van der Waals surface area contributed by atoms with Crippen LogP contribution in [-0.4, -0.2) is 0 Å². The maximum atomic E-state index is 3.34. The fourth-order valence-corrected chi connectivity index (χ4v) is 2.77. The summed E-state index contributed by atoms with van der Waals surface area (Å²) in [6.07, 6.45) is 7.23. The standard InChI is InChI=1S/C21H20/c1-2-3-8-18-15-20-12-7-11-19(21(20)16-18)14-13-17-9-5-4-6-10-17/h4-7,9-12,16H,2-3,8,15H2,1H3. The number of rotatable bonds is 3. The zero-order valence-electron chi connectivity index (χ0n) is 12.5. The largest absolute Gasteiger partial charge is 0.0654 e. The van der Waals surface area contributed by atoms with Crippen molar-refractivity contribution in [2.45, 2.75) is 32.6 Å². The smallest absolute Gasteiger partial charge is 0.0324 e. The second kappa shape index (κ2) is 6.46. The third-order valence-electron chi connectivity index (χ3n) is 3.93. The van der Waals surface area contributed by atoms with Crippen molar-refractivity contribution in [1.29, 1.82) is 0 Å². The van der Waals surface area contributed by atoms with E-state index in [4.69, 9.17) is 0 Å². The lowest BCUT2D eigenvalue weighted by atomic mass is 10.0. The molecule has 0 saturated heterocycles. The number of allylic oxidation sites excluding steroid dienone is 1. The first-order chi connectivity index (χ1) is 10.4. The van der Waals surface area contributed by atoms with Gasteiger partial charge in [-0.15, -0.1) is 0 Å². The Hall–Kier alpha value is -2.26. The van der Waals surface area contributed by atoms with Gasteiger partial charge in [0, 0.05) is 11.1 Å². The van der Waals surface area contributed by atoms with Crippen LogP contribution in [0.25, 0.3) is 6.08 Å². The van der Waals surface area contributed by atoms with Crippen molar-refractivity contribution in [3.05, 3.63) is 76.4 Å². The molecule has 0 bridgehead atoms. The molecule has 0 heteroatoms. The number of unbranched alkanes of at least 4 members (excludes halogenated alkanes) is 1. The van der Waals surface area contributed by atoms with Crippen LogP contribution in [-0.2, 0) is 6.42 Å².